The first-order chi connectivity index (χ1) is 9.96. The van der Waals surface area contributed by atoms with Crippen molar-refractivity contribution in [3.8, 4) is 0 Å². The largest absolute Gasteiger partial charge is 0.481 e. The van der Waals surface area contributed by atoms with E-state index in [0.717, 1.165) is 38.0 Å². The molecule has 0 spiro atoms. The van der Waals surface area contributed by atoms with Gasteiger partial charge in [-0.05, 0) is 42.9 Å². The second kappa shape index (κ2) is 6.80. The molecule has 0 saturated heterocycles. The number of carboxylic acid groups (broad SMARTS) is 1. The van der Waals surface area contributed by atoms with Crippen LogP contribution >= 0.6 is 0 Å². The Balaban J connectivity index is 1.90. The zero-order valence-corrected chi connectivity index (χ0v) is 13.4. The SMILES string of the molecule is CCC1CCC(NC(=O)CC2(CC(=O)O)CCCC2)C1C. The molecule has 1 amide bonds. The topological polar surface area (TPSA) is 66.4 Å². The lowest BCUT2D eigenvalue weighted by Crippen LogP contribution is -2.40. The molecule has 0 aliphatic heterocycles. The highest BCUT2D eigenvalue weighted by atomic mass is 16.4. The second-order valence-corrected chi connectivity index (χ2v) is 7.23. The van der Waals surface area contributed by atoms with Crippen LogP contribution in [0.15, 0.2) is 0 Å². The fourth-order valence-corrected chi connectivity index (χ4v) is 4.49. The number of nitrogens with one attached hydrogen (secondary N) is 1. The van der Waals surface area contributed by atoms with Gasteiger partial charge in [0.2, 0.25) is 5.91 Å². The molecule has 0 aromatic carbocycles. The molecule has 0 bridgehead atoms. The van der Waals surface area contributed by atoms with Crippen LogP contribution in [0.2, 0.25) is 0 Å². The Hall–Kier alpha value is -1.06. The van der Waals surface area contributed by atoms with Crippen molar-refractivity contribution in [3.63, 3.8) is 0 Å². The van der Waals surface area contributed by atoms with Gasteiger partial charge in [0.1, 0.15) is 0 Å². The van der Waals surface area contributed by atoms with E-state index in [1.54, 1.807) is 0 Å². The maximum atomic E-state index is 12.4. The van der Waals surface area contributed by atoms with E-state index >= 15 is 0 Å². The lowest BCUT2D eigenvalue weighted by Gasteiger charge is -2.28. The van der Waals surface area contributed by atoms with Crippen LogP contribution in [0.3, 0.4) is 0 Å². The Morgan fingerprint density at radius 2 is 1.86 bits per heavy atom. The zero-order valence-electron chi connectivity index (χ0n) is 13.4. The van der Waals surface area contributed by atoms with Crippen molar-refractivity contribution in [1.82, 2.24) is 5.32 Å². The van der Waals surface area contributed by atoms with Gasteiger partial charge in [0.15, 0.2) is 0 Å². The highest BCUT2D eigenvalue weighted by Gasteiger charge is 2.39. The first-order valence-corrected chi connectivity index (χ1v) is 8.47. The summed E-state index contributed by atoms with van der Waals surface area (Å²) in [7, 11) is 0. The van der Waals surface area contributed by atoms with Gasteiger partial charge in [0.05, 0.1) is 6.42 Å². The maximum Gasteiger partial charge on any atom is 0.303 e. The minimum absolute atomic E-state index is 0.0618. The summed E-state index contributed by atoms with van der Waals surface area (Å²) in [4.78, 5) is 23.5. The molecule has 2 saturated carbocycles. The van der Waals surface area contributed by atoms with Crippen LogP contribution in [-0.2, 0) is 9.59 Å². The van der Waals surface area contributed by atoms with Crippen LogP contribution in [0.4, 0.5) is 0 Å². The quantitative estimate of drug-likeness (QED) is 0.789. The molecule has 0 aromatic rings. The molecule has 21 heavy (non-hydrogen) atoms. The number of hydrogen-bond donors (Lipinski definition) is 2. The fraction of sp³-hybridized carbons (Fsp3) is 0.882. The summed E-state index contributed by atoms with van der Waals surface area (Å²) >= 11 is 0. The second-order valence-electron chi connectivity index (χ2n) is 7.23. The molecule has 0 aromatic heterocycles. The number of carboxylic acids is 1. The van der Waals surface area contributed by atoms with E-state index in [-0.39, 0.29) is 23.8 Å². The number of rotatable bonds is 6. The Bertz CT molecular complexity index is 387. The molecule has 2 rings (SSSR count). The van der Waals surface area contributed by atoms with Crippen LogP contribution in [0, 0.1) is 17.3 Å². The van der Waals surface area contributed by atoms with Crippen LogP contribution in [0.1, 0.15) is 71.6 Å². The molecule has 0 radical (unpaired) electrons. The third-order valence-corrected chi connectivity index (χ3v) is 5.82. The number of carbonyl (C=O) groups is 2. The van der Waals surface area contributed by atoms with E-state index < -0.39 is 5.97 Å². The van der Waals surface area contributed by atoms with Crippen molar-refractivity contribution in [2.24, 2.45) is 17.3 Å². The number of aliphatic carboxylic acids is 1. The van der Waals surface area contributed by atoms with Gasteiger partial charge < -0.3 is 10.4 Å². The van der Waals surface area contributed by atoms with Crippen LogP contribution < -0.4 is 5.32 Å². The van der Waals surface area contributed by atoms with E-state index in [1.807, 2.05) is 0 Å². The van der Waals surface area contributed by atoms with Crippen molar-refractivity contribution in [1.29, 1.82) is 0 Å². The number of carbonyl (C=O) groups excluding carboxylic acids is 1. The van der Waals surface area contributed by atoms with E-state index in [2.05, 4.69) is 19.2 Å². The monoisotopic (exact) mass is 295 g/mol. The molecule has 0 heterocycles. The van der Waals surface area contributed by atoms with Crippen molar-refractivity contribution >= 4 is 11.9 Å². The van der Waals surface area contributed by atoms with Gasteiger partial charge in [-0.15, -0.1) is 0 Å². The Labute approximate surface area is 127 Å². The van der Waals surface area contributed by atoms with Gasteiger partial charge in [0, 0.05) is 12.5 Å². The summed E-state index contributed by atoms with van der Waals surface area (Å²) in [5.41, 5.74) is -0.290. The molecular formula is C17H29NO3. The Kier molecular flexibility index (Phi) is 5.28. The van der Waals surface area contributed by atoms with E-state index in [1.165, 1.54) is 12.8 Å². The van der Waals surface area contributed by atoms with Gasteiger partial charge in [-0.2, -0.15) is 0 Å². The van der Waals surface area contributed by atoms with Crippen LogP contribution in [0.25, 0.3) is 0 Å². The number of amides is 1. The molecule has 120 valence electrons. The first kappa shape index (κ1) is 16.3. The lowest BCUT2D eigenvalue weighted by atomic mass is 9.79. The smallest absolute Gasteiger partial charge is 0.303 e. The Morgan fingerprint density at radius 3 is 2.38 bits per heavy atom. The summed E-state index contributed by atoms with van der Waals surface area (Å²) < 4.78 is 0. The van der Waals surface area contributed by atoms with Crippen LogP contribution in [-0.4, -0.2) is 23.0 Å². The van der Waals surface area contributed by atoms with Crippen LogP contribution in [0.5, 0.6) is 0 Å². The Morgan fingerprint density at radius 1 is 1.19 bits per heavy atom. The van der Waals surface area contributed by atoms with Crippen molar-refractivity contribution in [2.45, 2.75) is 77.7 Å². The summed E-state index contributed by atoms with van der Waals surface area (Å²) in [5.74, 6) is 0.546. The fourth-order valence-electron chi connectivity index (χ4n) is 4.49. The van der Waals surface area contributed by atoms with Crippen molar-refractivity contribution in [3.05, 3.63) is 0 Å². The molecular weight excluding hydrogens is 266 g/mol. The average Bonchev–Trinajstić information content (AvgIpc) is 2.97. The normalized spacial score (nSPS) is 31.2. The molecule has 4 nitrogen and oxygen atoms in total. The van der Waals surface area contributed by atoms with E-state index in [0.29, 0.717) is 12.3 Å². The minimum atomic E-state index is -0.773. The van der Waals surface area contributed by atoms with Gasteiger partial charge in [-0.1, -0.05) is 33.1 Å². The standard InChI is InChI=1S/C17H29NO3/c1-3-13-6-7-14(12(13)2)18-15(19)10-17(11-16(20)21)8-4-5-9-17/h12-14H,3-11H2,1-2H3,(H,18,19)(H,20,21). The third kappa shape index (κ3) is 3.98. The molecule has 2 aliphatic rings. The predicted molar refractivity (Wildman–Crippen MR) is 81.9 cm³/mol. The lowest BCUT2D eigenvalue weighted by molar-refractivity contribution is -0.140. The van der Waals surface area contributed by atoms with Gasteiger partial charge >= 0.3 is 5.97 Å². The molecule has 2 N–H and O–H groups in total. The molecule has 2 fully saturated rings. The molecule has 3 unspecified atom stereocenters. The van der Waals surface area contributed by atoms with Crippen molar-refractivity contribution < 1.29 is 14.7 Å². The van der Waals surface area contributed by atoms with Crippen molar-refractivity contribution in [2.75, 3.05) is 0 Å². The zero-order chi connectivity index (χ0) is 15.5. The average molecular weight is 295 g/mol. The first-order valence-electron chi connectivity index (χ1n) is 8.47. The summed E-state index contributed by atoms with van der Waals surface area (Å²) in [6.07, 6.45) is 7.83. The molecule has 4 heteroatoms. The summed E-state index contributed by atoms with van der Waals surface area (Å²) in [5, 5.41) is 12.3. The van der Waals surface area contributed by atoms with E-state index in [4.69, 9.17) is 5.11 Å². The van der Waals surface area contributed by atoms with Gasteiger partial charge in [-0.3, -0.25) is 9.59 Å². The predicted octanol–water partition coefficient (Wildman–Crippen LogP) is 3.35. The third-order valence-electron chi connectivity index (χ3n) is 5.82. The highest BCUT2D eigenvalue weighted by Crippen LogP contribution is 2.44. The van der Waals surface area contributed by atoms with E-state index in [9.17, 15) is 9.59 Å². The molecule has 3 atom stereocenters. The number of hydrogen-bond acceptors (Lipinski definition) is 2. The summed E-state index contributed by atoms with van der Waals surface area (Å²) in [6.45, 7) is 4.44. The molecule has 2 aliphatic carbocycles. The maximum absolute atomic E-state index is 12.4. The van der Waals surface area contributed by atoms with Gasteiger partial charge in [-0.25, -0.2) is 0 Å². The highest BCUT2D eigenvalue weighted by molar-refractivity contribution is 5.78. The minimum Gasteiger partial charge on any atom is -0.481 e. The van der Waals surface area contributed by atoms with Gasteiger partial charge in [0.25, 0.3) is 0 Å². The summed E-state index contributed by atoms with van der Waals surface area (Å²) in [6, 6.07) is 0.283.